The van der Waals surface area contributed by atoms with Crippen LogP contribution in [0.4, 0.5) is 11.4 Å². The molecule has 2 aromatic carbocycles. The maximum absolute atomic E-state index is 12.5. The number of anilines is 2. The number of fused-ring (bicyclic) bond motifs is 1. The molecule has 0 radical (unpaired) electrons. The van der Waals surface area contributed by atoms with Gasteiger partial charge in [0.15, 0.2) is 6.61 Å². The first kappa shape index (κ1) is 19.2. The van der Waals surface area contributed by atoms with Crippen molar-refractivity contribution in [1.29, 1.82) is 0 Å². The van der Waals surface area contributed by atoms with E-state index in [4.69, 9.17) is 4.74 Å². The van der Waals surface area contributed by atoms with Gasteiger partial charge in [-0.25, -0.2) is 0 Å². The van der Waals surface area contributed by atoms with E-state index in [1.54, 1.807) is 9.80 Å². The van der Waals surface area contributed by atoms with Crippen LogP contribution in [-0.2, 0) is 32.0 Å². The minimum Gasteiger partial charge on any atom is -0.455 e. The summed E-state index contributed by atoms with van der Waals surface area (Å²) in [7, 11) is 0. The van der Waals surface area contributed by atoms with Gasteiger partial charge < -0.3 is 14.5 Å². The van der Waals surface area contributed by atoms with Crippen molar-refractivity contribution in [3.05, 3.63) is 59.7 Å². The predicted octanol–water partition coefficient (Wildman–Crippen LogP) is 2.73. The molecule has 0 spiro atoms. The summed E-state index contributed by atoms with van der Waals surface area (Å²) in [5.41, 5.74) is 3.92. The molecule has 2 aromatic rings. The van der Waals surface area contributed by atoms with Crippen molar-refractivity contribution >= 4 is 29.2 Å². The highest BCUT2D eigenvalue weighted by atomic mass is 16.5. The third kappa shape index (κ3) is 3.75. The third-order valence-electron chi connectivity index (χ3n) is 5.65. The number of hydrogen-bond donors (Lipinski definition) is 0. The Bertz CT molecular complexity index is 955. The molecule has 1 saturated heterocycles. The summed E-state index contributed by atoms with van der Waals surface area (Å²) >= 11 is 0. The van der Waals surface area contributed by atoms with Crippen molar-refractivity contribution in [1.82, 2.24) is 0 Å². The summed E-state index contributed by atoms with van der Waals surface area (Å²) in [5.74, 6) is -1.37. The van der Waals surface area contributed by atoms with Gasteiger partial charge in [0, 0.05) is 30.9 Å². The number of benzene rings is 2. The van der Waals surface area contributed by atoms with Crippen molar-refractivity contribution in [3.8, 4) is 0 Å². The van der Waals surface area contributed by atoms with Gasteiger partial charge in [-0.2, -0.15) is 0 Å². The standard InChI is InChI=1S/C23H24N2O4/c1-2-16-7-3-5-9-19(16)25-14-18(13-21(25)26)23(28)29-15-22(27)24-12-11-17-8-4-6-10-20(17)24/h3-10,18H,2,11-15H2,1H3/t18-/m0/s1. The van der Waals surface area contributed by atoms with Gasteiger partial charge in [-0.05, 0) is 36.1 Å². The molecular weight excluding hydrogens is 368 g/mol. The molecule has 29 heavy (non-hydrogen) atoms. The summed E-state index contributed by atoms with van der Waals surface area (Å²) in [6.45, 7) is 2.62. The normalized spacial score (nSPS) is 18.1. The Labute approximate surface area is 170 Å². The van der Waals surface area contributed by atoms with Crippen LogP contribution < -0.4 is 9.80 Å². The lowest BCUT2D eigenvalue weighted by atomic mass is 10.1. The topological polar surface area (TPSA) is 66.9 Å². The van der Waals surface area contributed by atoms with Crippen molar-refractivity contribution in [2.75, 3.05) is 29.5 Å². The van der Waals surface area contributed by atoms with E-state index in [1.165, 1.54) is 0 Å². The van der Waals surface area contributed by atoms with Gasteiger partial charge in [-0.15, -0.1) is 0 Å². The predicted molar refractivity (Wildman–Crippen MR) is 110 cm³/mol. The Morgan fingerprint density at radius 1 is 1.07 bits per heavy atom. The van der Waals surface area contributed by atoms with Crippen LogP contribution in [0, 0.1) is 5.92 Å². The fourth-order valence-electron chi connectivity index (χ4n) is 4.10. The molecule has 0 aromatic heterocycles. The molecule has 2 heterocycles. The number of carbonyl (C=O) groups excluding carboxylic acids is 3. The second-order valence-corrected chi connectivity index (χ2v) is 7.42. The molecule has 2 aliphatic heterocycles. The molecule has 0 bridgehead atoms. The Morgan fingerprint density at radius 3 is 2.59 bits per heavy atom. The summed E-state index contributed by atoms with van der Waals surface area (Å²) in [6, 6.07) is 15.5. The second-order valence-electron chi connectivity index (χ2n) is 7.42. The van der Waals surface area contributed by atoms with Crippen molar-refractivity contribution < 1.29 is 19.1 Å². The molecule has 1 atom stereocenters. The van der Waals surface area contributed by atoms with Crippen molar-refractivity contribution in [3.63, 3.8) is 0 Å². The molecule has 150 valence electrons. The minimum absolute atomic E-state index is 0.0901. The number of hydrogen-bond acceptors (Lipinski definition) is 4. The third-order valence-corrected chi connectivity index (χ3v) is 5.65. The van der Waals surface area contributed by atoms with E-state index in [-0.39, 0.29) is 31.4 Å². The average Bonchev–Trinajstić information content (AvgIpc) is 3.35. The molecule has 0 aliphatic carbocycles. The van der Waals surface area contributed by atoms with E-state index < -0.39 is 11.9 Å². The molecule has 6 nitrogen and oxygen atoms in total. The number of nitrogens with zero attached hydrogens (tertiary/aromatic N) is 2. The summed E-state index contributed by atoms with van der Waals surface area (Å²) < 4.78 is 5.30. The SMILES string of the molecule is CCc1ccccc1N1C[C@@H](C(=O)OCC(=O)N2CCc3ccccc32)CC1=O. The number of para-hydroxylation sites is 2. The first-order chi connectivity index (χ1) is 14.1. The van der Waals surface area contributed by atoms with Crippen LogP contribution in [0.3, 0.4) is 0 Å². The maximum atomic E-state index is 12.5. The molecule has 2 aliphatic rings. The monoisotopic (exact) mass is 392 g/mol. The van der Waals surface area contributed by atoms with Crippen LogP contribution in [0.5, 0.6) is 0 Å². The Morgan fingerprint density at radius 2 is 1.79 bits per heavy atom. The molecule has 0 saturated carbocycles. The summed E-state index contributed by atoms with van der Waals surface area (Å²) in [4.78, 5) is 40.8. The van der Waals surface area contributed by atoms with Gasteiger partial charge >= 0.3 is 5.97 Å². The van der Waals surface area contributed by atoms with Gasteiger partial charge in [0.2, 0.25) is 5.91 Å². The van der Waals surface area contributed by atoms with Gasteiger partial charge in [0.05, 0.1) is 5.92 Å². The first-order valence-corrected chi connectivity index (χ1v) is 10.0. The fourth-order valence-corrected chi connectivity index (χ4v) is 4.10. The lowest BCUT2D eigenvalue weighted by Gasteiger charge is -2.20. The van der Waals surface area contributed by atoms with E-state index in [9.17, 15) is 14.4 Å². The zero-order chi connectivity index (χ0) is 20.4. The van der Waals surface area contributed by atoms with Crippen LogP contribution in [0.15, 0.2) is 48.5 Å². The number of amides is 2. The van der Waals surface area contributed by atoms with Crippen LogP contribution in [0.2, 0.25) is 0 Å². The number of aryl methyl sites for hydroxylation is 1. The van der Waals surface area contributed by atoms with E-state index in [0.717, 1.165) is 35.3 Å². The molecule has 4 rings (SSSR count). The van der Waals surface area contributed by atoms with Crippen LogP contribution >= 0.6 is 0 Å². The summed E-state index contributed by atoms with van der Waals surface area (Å²) in [6.07, 6.45) is 1.72. The lowest BCUT2D eigenvalue weighted by Crippen LogP contribution is -2.34. The van der Waals surface area contributed by atoms with E-state index in [1.807, 2.05) is 55.5 Å². The Hall–Kier alpha value is -3.15. The minimum atomic E-state index is -0.550. The average molecular weight is 392 g/mol. The van der Waals surface area contributed by atoms with E-state index in [2.05, 4.69) is 0 Å². The van der Waals surface area contributed by atoms with Crippen molar-refractivity contribution in [2.45, 2.75) is 26.2 Å². The van der Waals surface area contributed by atoms with Gasteiger partial charge in [-0.1, -0.05) is 43.3 Å². The highest BCUT2D eigenvalue weighted by Gasteiger charge is 2.37. The quantitative estimate of drug-likeness (QED) is 0.734. The highest BCUT2D eigenvalue weighted by molar-refractivity contribution is 6.01. The number of carbonyl (C=O) groups is 3. The molecular formula is C23H24N2O4. The lowest BCUT2D eigenvalue weighted by molar-refractivity contribution is -0.151. The smallest absolute Gasteiger partial charge is 0.311 e. The van der Waals surface area contributed by atoms with Crippen LogP contribution in [0.1, 0.15) is 24.5 Å². The number of ether oxygens (including phenoxy) is 1. The zero-order valence-electron chi connectivity index (χ0n) is 16.5. The van der Waals surface area contributed by atoms with E-state index in [0.29, 0.717) is 6.54 Å². The number of esters is 1. The van der Waals surface area contributed by atoms with Crippen LogP contribution in [0.25, 0.3) is 0 Å². The second kappa shape index (κ2) is 8.07. The Kier molecular flexibility index (Phi) is 5.34. The first-order valence-electron chi connectivity index (χ1n) is 10.0. The molecule has 6 heteroatoms. The molecule has 1 fully saturated rings. The molecule has 0 N–H and O–H groups in total. The fraction of sp³-hybridized carbons (Fsp3) is 0.348. The van der Waals surface area contributed by atoms with Crippen molar-refractivity contribution in [2.24, 2.45) is 5.92 Å². The zero-order valence-corrected chi connectivity index (χ0v) is 16.5. The van der Waals surface area contributed by atoms with Crippen LogP contribution in [-0.4, -0.2) is 37.5 Å². The summed E-state index contributed by atoms with van der Waals surface area (Å²) in [5, 5.41) is 0. The van der Waals surface area contributed by atoms with Gasteiger partial charge in [0.1, 0.15) is 0 Å². The number of rotatable bonds is 5. The van der Waals surface area contributed by atoms with Gasteiger partial charge in [-0.3, -0.25) is 14.4 Å². The maximum Gasteiger partial charge on any atom is 0.311 e. The highest BCUT2D eigenvalue weighted by Crippen LogP contribution is 2.30. The Balaban J connectivity index is 1.36. The largest absolute Gasteiger partial charge is 0.455 e. The van der Waals surface area contributed by atoms with Gasteiger partial charge in [0.25, 0.3) is 5.91 Å². The van der Waals surface area contributed by atoms with E-state index >= 15 is 0 Å². The molecule has 0 unspecified atom stereocenters. The molecule has 2 amide bonds.